The van der Waals surface area contributed by atoms with Gasteiger partial charge in [0.05, 0.1) is 0 Å². The Labute approximate surface area is 92.2 Å². The summed E-state index contributed by atoms with van der Waals surface area (Å²) in [5, 5.41) is 4.05. The molecule has 2 nitrogen and oxygen atoms in total. The predicted molar refractivity (Wildman–Crippen MR) is 56.8 cm³/mol. The van der Waals surface area contributed by atoms with Crippen molar-refractivity contribution in [3.8, 4) is 0 Å². The number of carbonyl (C=O) groups excluding carboxylic acids is 1. The van der Waals surface area contributed by atoms with Crippen LogP contribution in [0.25, 0.3) is 0 Å². The molecule has 1 N–H and O–H groups in total. The lowest BCUT2D eigenvalue weighted by Gasteiger charge is -2.03. The Balaban J connectivity index is 2.15. The Kier molecular flexibility index (Phi) is 2.66. The number of nitrogens with one attached hydrogen (secondary N) is 1. The molecule has 1 aromatic rings. The fraction of sp³-hybridized carbons (Fsp3) is 0.300. The van der Waals surface area contributed by atoms with Crippen LogP contribution in [0.5, 0.6) is 0 Å². The highest BCUT2D eigenvalue weighted by Crippen LogP contribution is 2.43. The van der Waals surface area contributed by atoms with Crippen molar-refractivity contribution in [3.05, 3.63) is 33.8 Å². The molecule has 0 aromatic heterocycles. The molecule has 0 bridgehead atoms. The van der Waals surface area contributed by atoms with Gasteiger partial charge >= 0.3 is 0 Å². The average molecular weight is 230 g/mol. The Morgan fingerprint density at radius 2 is 2.21 bits per heavy atom. The van der Waals surface area contributed by atoms with Crippen molar-refractivity contribution < 1.29 is 4.79 Å². The molecular formula is C10H9Cl2NO. The predicted octanol–water partition coefficient (Wildman–Crippen LogP) is 2.60. The van der Waals surface area contributed by atoms with Crippen LogP contribution in [0.3, 0.4) is 0 Å². The highest BCUT2D eigenvalue weighted by Gasteiger charge is 2.39. The molecule has 2 rings (SSSR count). The van der Waals surface area contributed by atoms with Gasteiger partial charge in [-0.1, -0.05) is 29.3 Å². The summed E-state index contributed by atoms with van der Waals surface area (Å²) < 4.78 is 0. The Morgan fingerprint density at radius 1 is 1.43 bits per heavy atom. The molecule has 4 heteroatoms. The maximum absolute atomic E-state index is 10.2. The topological polar surface area (TPSA) is 29.1 Å². The second-order valence-corrected chi connectivity index (χ2v) is 4.24. The Morgan fingerprint density at radius 3 is 2.86 bits per heavy atom. The number of hydrogen-bond acceptors (Lipinski definition) is 1. The molecule has 0 radical (unpaired) electrons. The second kappa shape index (κ2) is 3.79. The molecule has 0 saturated heterocycles. The maximum Gasteiger partial charge on any atom is 0.207 e. The minimum Gasteiger partial charge on any atom is -0.355 e. The van der Waals surface area contributed by atoms with E-state index in [0.717, 1.165) is 18.4 Å². The molecule has 74 valence electrons. The standard InChI is InChI=1S/C10H9Cl2NO/c11-6-1-2-7(9(12)3-6)8-4-10(8)13-5-14/h1-3,5,8,10H,4H2,(H,13,14)/t8-,10+/m1/s1. The third-order valence-electron chi connectivity index (χ3n) is 2.43. The summed E-state index contributed by atoms with van der Waals surface area (Å²) in [6, 6.07) is 5.71. The lowest BCUT2D eigenvalue weighted by molar-refractivity contribution is -0.109. The van der Waals surface area contributed by atoms with Gasteiger partial charge in [-0.3, -0.25) is 4.79 Å². The van der Waals surface area contributed by atoms with Crippen molar-refractivity contribution in [1.29, 1.82) is 0 Å². The van der Waals surface area contributed by atoms with Crippen molar-refractivity contribution in [2.24, 2.45) is 0 Å². The second-order valence-electron chi connectivity index (χ2n) is 3.40. The summed E-state index contributed by atoms with van der Waals surface area (Å²) in [4.78, 5) is 10.2. The van der Waals surface area contributed by atoms with E-state index in [0.29, 0.717) is 16.0 Å². The van der Waals surface area contributed by atoms with Gasteiger partial charge in [-0.15, -0.1) is 0 Å². The minimum atomic E-state index is 0.242. The molecule has 1 saturated carbocycles. The van der Waals surface area contributed by atoms with E-state index >= 15 is 0 Å². The summed E-state index contributed by atoms with van der Waals surface area (Å²) in [5.41, 5.74) is 1.07. The monoisotopic (exact) mass is 229 g/mol. The van der Waals surface area contributed by atoms with E-state index in [1.807, 2.05) is 12.1 Å². The van der Waals surface area contributed by atoms with Crippen LogP contribution in [0.1, 0.15) is 17.9 Å². The molecule has 1 amide bonds. The van der Waals surface area contributed by atoms with E-state index < -0.39 is 0 Å². The first kappa shape index (κ1) is 9.81. The fourth-order valence-electron chi connectivity index (χ4n) is 1.61. The van der Waals surface area contributed by atoms with Gasteiger partial charge in [0.15, 0.2) is 0 Å². The Bertz CT molecular complexity index is 367. The molecule has 1 aliphatic carbocycles. The van der Waals surface area contributed by atoms with Crippen LogP contribution in [-0.4, -0.2) is 12.5 Å². The van der Waals surface area contributed by atoms with Gasteiger partial charge in [0.2, 0.25) is 6.41 Å². The lowest BCUT2D eigenvalue weighted by atomic mass is 10.1. The maximum atomic E-state index is 10.2. The quantitative estimate of drug-likeness (QED) is 0.794. The molecule has 0 heterocycles. The van der Waals surface area contributed by atoms with Crippen LogP contribution >= 0.6 is 23.2 Å². The molecule has 1 aliphatic rings. The number of carbonyl (C=O) groups is 1. The van der Waals surface area contributed by atoms with Crippen molar-refractivity contribution in [3.63, 3.8) is 0 Å². The van der Waals surface area contributed by atoms with Crippen molar-refractivity contribution in [2.75, 3.05) is 0 Å². The number of benzene rings is 1. The van der Waals surface area contributed by atoms with Gasteiger partial charge in [0, 0.05) is 22.0 Å². The fourth-order valence-corrected chi connectivity index (χ4v) is 2.16. The zero-order valence-corrected chi connectivity index (χ0v) is 8.85. The highest BCUT2D eigenvalue weighted by atomic mass is 35.5. The molecule has 1 aromatic carbocycles. The van der Waals surface area contributed by atoms with Gasteiger partial charge in [-0.2, -0.15) is 0 Å². The third kappa shape index (κ3) is 1.86. The number of rotatable bonds is 3. The molecule has 2 atom stereocenters. The van der Waals surface area contributed by atoms with E-state index in [-0.39, 0.29) is 6.04 Å². The number of hydrogen-bond donors (Lipinski definition) is 1. The van der Waals surface area contributed by atoms with Crippen molar-refractivity contribution >= 4 is 29.6 Å². The van der Waals surface area contributed by atoms with Gasteiger partial charge < -0.3 is 5.32 Å². The smallest absolute Gasteiger partial charge is 0.207 e. The molecule has 0 spiro atoms. The average Bonchev–Trinajstić information content (AvgIpc) is 2.84. The van der Waals surface area contributed by atoms with Crippen molar-refractivity contribution in [1.82, 2.24) is 5.32 Å². The first-order valence-electron chi connectivity index (χ1n) is 4.37. The number of amides is 1. The zero-order chi connectivity index (χ0) is 10.1. The summed E-state index contributed by atoms with van der Waals surface area (Å²) >= 11 is 11.8. The first-order valence-corrected chi connectivity index (χ1v) is 5.12. The normalized spacial score (nSPS) is 24.4. The summed E-state index contributed by atoms with van der Waals surface area (Å²) in [6.07, 6.45) is 1.69. The van der Waals surface area contributed by atoms with E-state index in [2.05, 4.69) is 5.32 Å². The lowest BCUT2D eigenvalue weighted by Crippen LogP contribution is -2.14. The Hall–Kier alpha value is -0.730. The largest absolute Gasteiger partial charge is 0.355 e. The van der Waals surface area contributed by atoms with E-state index in [1.165, 1.54) is 0 Å². The van der Waals surface area contributed by atoms with Crippen molar-refractivity contribution in [2.45, 2.75) is 18.4 Å². The molecule has 0 unspecified atom stereocenters. The minimum absolute atomic E-state index is 0.242. The van der Waals surface area contributed by atoms with E-state index in [1.54, 1.807) is 6.07 Å². The molecule has 14 heavy (non-hydrogen) atoms. The summed E-state index contributed by atoms with van der Waals surface area (Å²) in [6.45, 7) is 0. The van der Waals surface area contributed by atoms with Gasteiger partial charge in [-0.25, -0.2) is 0 Å². The number of halogens is 2. The van der Waals surface area contributed by atoms with Crippen LogP contribution in [0, 0.1) is 0 Å². The molecule has 0 aliphatic heterocycles. The van der Waals surface area contributed by atoms with Crippen LogP contribution in [0.4, 0.5) is 0 Å². The SMILES string of the molecule is O=CN[C@H]1C[C@@H]1c1ccc(Cl)cc1Cl. The highest BCUT2D eigenvalue weighted by molar-refractivity contribution is 6.35. The van der Waals surface area contributed by atoms with Gasteiger partial charge in [0.1, 0.15) is 0 Å². The van der Waals surface area contributed by atoms with E-state index in [9.17, 15) is 4.79 Å². The van der Waals surface area contributed by atoms with Crippen LogP contribution < -0.4 is 5.32 Å². The summed E-state index contributed by atoms with van der Waals surface area (Å²) in [7, 11) is 0. The molecular weight excluding hydrogens is 221 g/mol. The van der Waals surface area contributed by atoms with Crippen LogP contribution in [0.15, 0.2) is 18.2 Å². The van der Waals surface area contributed by atoms with Crippen LogP contribution in [0.2, 0.25) is 10.0 Å². The van der Waals surface area contributed by atoms with Crippen LogP contribution in [-0.2, 0) is 4.79 Å². The third-order valence-corrected chi connectivity index (χ3v) is 3.00. The zero-order valence-electron chi connectivity index (χ0n) is 7.34. The molecule has 1 fully saturated rings. The van der Waals surface area contributed by atoms with Gasteiger partial charge in [0.25, 0.3) is 0 Å². The summed E-state index contributed by atoms with van der Waals surface area (Å²) in [5.74, 6) is 0.352. The van der Waals surface area contributed by atoms with Gasteiger partial charge in [-0.05, 0) is 24.1 Å². The first-order chi connectivity index (χ1) is 6.72. The van der Waals surface area contributed by atoms with E-state index in [4.69, 9.17) is 23.2 Å².